The van der Waals surface area contributed by atoms with Crippen LogP contribution in [0.15, 0.2) is 35.9 Å². The summed E-state index contributed by atoms with van der Waals surface area (Å²) >= 11 is 0. The minimum atomic E-state index is 0.166. The Morgan fingerprint density at radius 3 is 2.64 bits per heavy atom. The van der Waals surface area contributed by atoms with Crippen molar-refractivity contribution >= 4 is 5.78 Å². The Kier molecular flexibility index (Phi) is 2.49. The summed E-state index contributed by atoms with van der Waals surface area (Å²) in [5, 5.41) is 0. The van der Waals surface area contributed by atoms with Crippen molar-refractivity contribution in [2.75, 3.05) is 0 Å². The monoisotopic (exact) mass is 186 g/mol. The number of carbonyl (C=O) groups is 1. The predicted octanol–water partition coefficient (Wildman–Crippen LogP) is 2.69. The van der Waals surface area contributed by atoms with Crippen LogP contribution in [0.5, 0.6) is 0 Å². The van der Waals surface area contributed by atoms with E-state index in [2.05, 4.69) is 24.3 Å². The maximum Gasteiger partial charge on any atom is 0.152 e. The summed E-state index contributed by atoms with van der Waals surface area (Å²) in [4.78, 5) is 10.9. The normalized spacial score (nSPS) is 17.9. The Labute approximate surface area is 84.5 Å². The lowest BCUT2D eigenvalue weighted by Gasteiger charge is -2.17. The molecule has 0 amide bonds. The number of rotatable bonds is 1. The molecule has 72 valence electrons. The first-order valence-electron chi connectivity index (χ1n) is 5.02. The second-order valence-electron chi connectivity index (χ2n) is 3.86. The predicted molar refractivity (Wildman–Crippen MR) is 57.2 cm³/mol. The molecule has 14 heavy (non-hydrogen) atoms. The van der Waals surface area contributed by atoms with Crippen LogP contribution in [0.3, 0.4) is 0 Å². The highest BCUT2D eigenvalue weighted by Gasteiger charge is 2.11. The van der Waals surface area contributed by atoms with E-state index in [0.717, 1.165) is 19.3 Å². The lowest BCUT2D eigenvalue weighted by molar-refractivity contribution is -0.112. The van der Waals surface area contributed by atoms with Gasteiger partial charge in [0.05, 0.1) is 0 Å². The molecule has 0 radical (unpaired) electrons. The van der Waals surface area contributed by atoms with Gasteiger partial charge in [-0.2, -0.15) is 0 Å². The first kappa shape index (κ1) is 9.20. The third-order valence-electron chi connectivity index (χ3n) is 2.66. The number of carbonyl (C=O) groups excluding carboxylic acids is 1. The Morgan fingerprint density at radius 1 is 1.21 bits per heavy atom. The van der Waals surface area contributed by atoms with Crippen LogP contribution in [0.1, 0.15) is 24.5 Å². The van der Waals surface area contributed by atoms with Crippen molar-refractivity contribution in [3.63, 3.8) is 0 Å². The van der Waals surface area contributed by atoms with Crippen molar-refractivity contribution in [1.29, 1.82) is 0 Å². The molecule has 0 atom stereocenters. The minimum absolute atomic E-state index is 0.166. The van der Waals surface area contributed by atoms with Crippen molar-refractivity contribution in [3.05, 3.63) is 47.0 Å². The van der Waals surface area contributed by atoms with Crippen LogP contribution in [0, 0.1) is 0 Å². The van der Waals surface area contributed by atoms with Gasteiger partial charge in [-0.25, -0.2) is 0 Å². The van der Waals surface area contributed by atoms with Crippen LogP contribution >= 0.6 is 0 Å². The first-order valence-corrected chi connectivity index (χ1v) is 5.02. The summed E-state index contributed by atoms with van der Waals surface area (Å²) in [5.41, 5.74) is 4.09. The van der Waals surface area contributed by atoms with E-state index >= 15 is 0 Å². The maximum absolute atomic E-state index is 10.9. The van der Waals surface area contributed by atoms with Crippen LogP contribution in [-0.4, -0.2) is 5.78 Å². The summed E-state index contributed by atoms with van der Waals surface area (Å²) in [5.74, 6) is 0.166. The largest absolute Gasteiger partial charge is 0.295 e. The standard InChI is InChI=1S/C13H14O/c1-10(14)8-11-6-7-12-4-2-3-5-13(12)9-11/h2-5,8H,6-7,9H2,1H3/b11-8-. The third-order valence-corrected chi connectivity index (χ3v) is 2.66. The van der Waals surface area contributed by atoms with Gasteiger partial charge in [0.2, 0.25) is 0 Å². The number of hydrogen-bond acceptors (Lipinski definition) is 1. The van der Waals surface area contributed by atoms with E-state index in [1.807, 2.05) is 0 Å². The summed E-state index contributed by atoms with van der Waals surface area (Å²) in [6, 6.07) is 8.48. The van der Waals surface area contributed by atoms with Gasteiger partial charge in [-0.15, -0.1) is 0 Å². The summed E-state index contributed by atoms with van der Waals surface area (Å²) in [6.07, 6.45) is 4.86. The fraction of sp³-hybridized carbons (Fsp3) is 0.308. The van der Waals surface area contributed by atoms with Gasteiger partial charge in [0.25, 0.3) is 0 Å². The Hall–Kier alpha value is -1.37. The zero-order valence-corrected chi connectivity index (χ0v) is 8.42. The van der Waals surface area contributed by atoms with Crippen molar-refractivity contribution in [2.24, 2.45) is 0 Å². The number of hydrogen-bond donors (Lipinski definition) is 0. The highest BCUT2D eigenvalue weighted by atomic mass is 16.1. The number of ketones is 1. The quantitative estimate of drug-likeness (QED) is 0.616. The van der Waals surface area contributed by atoms with E-state index in [4.69, 9.17) is 0 Å². The molecule has 0 bridgehead atoms. The molecule has 0 aliphatic heterocycles. The number of allylic oxidation sites excluding steroid dienone is 2. The van der Waals surface area contributed by atoms with Gasteiger partial charge >= 0.3 is 0 Å². The van der Waals surface area contributed by atoms with Crippen molar-refractivity contribution < 1.29 is 4.79 Å². The topological polar surface area (TPSA) is 17.1 Å². The summed E-state index contributed by atoms with van der Waals surface area (Å²) < 4.78 is 0. The van der Waals surface area contributed by atoms with Gasteiger partial charge < -0.3 is 0 Å². The molecule has 0 saturated heterocycles. The average molecular weight is 186 g/mol. The van der Waals surface area contributed by atoms with Gasteiger partial charge in [0, 0.05) is 0 Å². The highest BCUT2D eigenvalue weighted by molar-refractivity contribution is 5.88. The highest BCUT2D eigenvalue weighted by Crippen LogP contribution is 2.24. The summed E-state index contributed by atoms with van der Waals surface area (Å²) in [6.45, 7) is 1.62. The molecule has 2 rings (SSSR count). The Balaban J connectivity index is 2.25. The van der Waals surface area contributed by atoms with E-state index in [0.29, 0.717) is 0 Å². The van der Waals surface area contributed by atoms with Crippen molar-refractivity contribution in [3.8, 4) is 0 Å². The van der Waals surface area contributed by atoms with Crippen LogP contribution in [0.2, 0.25) is 0 Å². The summed E-state index contributed by atoms with van der Waals surface area (Å²) in [7, 11) is 0. The van der Waals surface area contributed by atoms with Crippen LogP contribution in [-0.2, 0) is 17.6 Å². The van der Waals surface area contributed by atoms with Crippen LogP contribution in [0.25, 0.3) is 0 Å². The van der Waals surface area contributed by atoms with E-state index < -0.39 is 0 Å². The molecule has 0 aromatic heterocycles. The van der Waals surface area contributed by atoms with E-state index in [-0.39, 0.29) is 5.78 Å². The third kappa shape index (κ3) is 1.92. The molecular formula is C13H14O. The lowest BCUT2D eigenvalue weighted by atomic mass is 9.87. The van der Waals surface area contributed by atoms with Gasteiger partial charge in [-0.05, 0) is 43.4 Å². The molecule has 1 aromatic rings. The number of benzene rings is 1. The second-order valence-corrected chi connectivity index (χ2v) is 3.86. The van der Waals surface area contributed by atoms with E-state index in [9.17, 15) is 4.79 Å². The molecule has 0 saturated carbocycles. The lowest BCUT2D eigenvalue weighted by Crippen LogP contribution is -2.06. The average Bonchev–Trinajstić information content (AvgIpc) is 2.17. The van der Waals surface area contributed by atoms with Gasteiger partial charge in [-0.1, -0.05) is 29.8 Å². The molecule has 0 N–H and O–H groups in total. The Bertz CT molecular complexity index is 388. The van der Waals surface area contributed by atoms with Crippen LogP contribution in [0.4, 0.5) is 0 Å². The van der Waals surface area contributed by atoms with E-state index in [1.165, 1.54) is 16.7 Å². The second kappa shape index (κ2) is 3.79. The first-order chi connectivity index (χ1) is 6.75. The van der Waals surface area contributed by atoms with Crippen molar-refractivity contribution in [1.82, 2.24) is 0 Å². The number of fused-ring (bicyclic) bond motifs is 1. The molecule has 1 aliphatic carbocycles. The van der Waals surface area contributed by atoms with Gasteiger partial charge in [-0.3, -0.25) is 4.79 Å². The molecule has 1 aromatic carbocycles. The zero-order valence-electron chi connectivity index (χ0n) is 8.42. The SMILES string of the molecule is CC(=O)/C=C1/CCc2ccccc2C1. The van der Waals surface area contributed by atoms with Crippen LogP contribution < -0.4 is 0 Å². The zero-order chi connectivity index (χ0) is 9.97. The fourth-order valence-corrected chi connectivity index (χ4v) is 2.01. The molecule has 0 spiro atoms. The maximum atomic E-state index is 10.9. The van der Waals surface area contributed by atoms with E-state index in [1.54, 1.807) is 13.0 Å². The Morgan fingerprint density at radius 2 is 1.93 bits per heavy atom. The molecule has 1 aliphatic rings. The molecule has 0 heterocycles. The molecular weight excluding hydrogens is 172 g/mol. The van der Waals surface area contributed by atoms with Gasteiger partial charge in [0.1, 0.15) is 0 Å². The molecule has 1 nitrogen and oxygen atoms in total. The molecule has 0 unspecified atom stereocenters. The smallest absolute Gasteiger partial charge is 0.152 e. The fourth-order valence-electron chi connectivity index (χ4n) is 2.01. The number of aryl methyl sites for hydroxylation is 1. The van der Waals surface area contributed by atoms with Gasteiger partial charge in [0.15, 0.2) is 5.78 Å². The van der Waals surface area contributed by atoms with Crippen molar-refractivity contribution in [2.45, 2.75) is 26.2 Å². The molecule has 1 heteroatoms. The minimum Gasteiger partial charge on any atom is -0.295 e. The molecule has 0 fully saturated rings.